The van der Waals surface area contributed by atoms with Crippen molar-refractivity contribution >= 4 is 11.9 Å². The van der Waals surface area contributed by atoms with E-state index in [-0.39, 0.29) is 0 Å². The lowest BCUT2D eigenvalue weighted by Crippen LogP contribution is -2.48. The van der Waals surface area contributed by atoms with Gasteiger partial charge in [-0.1, -0.05) is 0 Å². The maximum absolute atomic E-state index is 10.2. The van der Waals surface area contributed by atoms with Crippen LogP contribution in [-0.4, -0.2) is 46.5 Å². The van der Waals surface area contributed by atoms with Gasteiger partial charge in [-0.3, -0.25) is 4.79 Å². The Morgan fingerprint density at radius 3 is 1.82 bits per heavy atom. The molecule has 6 heteroatoms. The fourth-order valence-corrected chi connectivity index (χ4v) is 0.559. The molecule has 0 amide bonds. The van der Waals surface area contributed by atoms with Gasteiger partial charge >= 0.3 is 11.9 Å². The predicted molar refractivity (Wildman–Crippen MR) is 34.1 cm³/mol. The van der Waals surface area contributed by atoms with Crippen LogP contribution in [0.1, 0.15) is 0 Å². The Kier molecular flexibility index (Phi) is 3.49. The average molecular weight is 163 g/mol. The van der Waals surface area contributed by atoms with Crippen molar-refractivity contribution in [2.45, 2.75) is 12.1 Å². The number of carbonyl (C=O) groups is 2. The van der Waals surface area contributed by atoms with Gasteiger partial charge in [0.15, 0.2) is 6.10 Å². The molecule has 64 valence electrons. The minimum atomic E-state index is -1.92. The van der Waals surface area contributed by atoms with Crippen molar-refractivity contribution in [3.05, 3.63) is 0 Å². The second kappa shape index (κ2) is 3.89. The van der Waals surface area contributed by atoms with Crippen LogP contribution in [0.15, 0.2) is 0 Å². The summed E-state index contributed by atoms with van der Waals surface area (Å²) in [6.07, 6.45) is -1.92. The van der Waals surface area contributed by atoms with Gasteiger partial charge in [0.25, 0.3) is 0 Å². The SMILES string of the molecule is CNC(C(=O)O)C(O)C(=O)O. The van der Waals surface area contributed by atoms with E-state index in [1.54, 1.807) is 0 Å². The molecular weight excluding hydrogens is 154 g/mol. The molecule has 0 bridgehead atoms. The van der Waals surface area contributed by atoms with Crippen molar-refractivity contribution in [3.63, 3.8) is 0 Å². The third kappa shape index (κ3) is 2.52. The minimum absolute atomic E-state index is 1.25. The summed E-state index contributed by atoms with van der Waals surface area (Å²) in [6.45, 7) is 0. The first-order valence-electron chi connectivity index (χ1n) is 2.81. The second-order valence-corrected chi connectivity index (χ2v) is 1.89. The van der Waals surface area contributed by atoms with E-state index in [2.05, 4.69) is 5.32 Å². The molecule has 11 heavy (non-hydrogen) atoms. The fraction of sp³-hybridized carbons (Fsp3) is 0.600. The maximum Gasteiger partial charge on any atom is 0.334 e. The normalized spacial score (nSPS) is 15.5. The number of likely N-dealkylation sites (N-methyl/N-ethyl adjacent to an activating group) is 1. The summed E-state index contributed by atoms with van der Waals surface area (Å²) in [6, 6.07) is -1.47. The first-order valence-corrected chi connectivity index (χ1v) is 2.81. The molecule has 0 radical (unpaired) electrons. The highest BCUT2D eigenvalue weighted by Gasteiger charge is 2.30. The van der Waals surface area contributed by atoms with E-state index >= 15 is 0 Å². The van der Waals surface area contributed by atoms with E-state index in [1.165, 1.54) is 7.05 Å². The van der Waals surface area contributed by atoms with Crippen LogP contribution in [0.25, 0.3) is 0 Å². The molecule has 0 aromatic carbocycles. The molecule has 4 N–H and O–H groups in total. The van der Waals surface area contributed by atoms with Gasteiger partial charge in [-0.2, -0.15) is 0 Å². The third-order valence-corrected chi connectivity index (χ3v) is 1.15. The molecule has 0 saturated carbocycles. The number of aliphatic carboxylic acids is 2. The lowest BCUT2D eigenvalue weighted by Gasteiger charge is -2.13. The van der Waals surface area contributed by atoms with Crippen LogP contribution in [0.4, 0.5) is 0 Å². The van der Waals surface area contributed by atoms with E-state index in [9.17, 15) is 9.59 Å². The Balaban J connectivity index is 4.25. The van der Waals surface area contributed by atoms with Gasteiger partial charge < -0.3 is 20.6 Å². The Morgan fingerprint density at radius 2 is 1.73 bits per heavy atom. The standard InChI is InChI=1S/C5H9NO5/c1-6-2(4(8)9)3(7)5(10)11/h2-3,6-7H,1H3,(H,8,9)(H,10,11). The predicted octanol–water partition coefficient (Wildman–Crippen LogP) is -1.90. The summed E-state index contributed by atoms with van der Waals surface area (Å²) in [5.74, 6) is -2.96. The van der Waals surface area contributed by atoms with Crippen LogP contribution < -0.4 is 5.32 Å². The Hall–Kier alpha value is -1.14. The Labute approximate surface area is 62.5 Å². The number of rotatable bonds is 4. The van der Waals surface area contributed by atoms with Crippen LogP contribution in [-0.2, 0) is 9.59 Å². The summed E-state index contributed by atoms with van der Waals surface area (Å²) >= 11 is 0. The molecule has 0 spiro atoms. The number of hydrogen-bond donors (Lipinski definition) is 4. The van der Waals surface area contributed by atoms with E-state index < -0.39 is 24.1 Å². The molecule has 0 aromatic rings. The van der Waals surface area contributed by atoms with Crippen molar-refractivity contribution in [2.24, 2.45) is 0 Å². The van der Waals surface area contributed by atoms with E-state index in [0.717, 1.165) is 0 Å². The van der Waals surface area contributed by atoms with E-state index in [1.807, 2.05) is 0 Å². The molecule has 0 aromatic heterocycles. The largest absolute Gasteiger partial charge is 0.480 e. The number of nitrogens with one attached hydrogen (secondary N) is 1. The van der Waals surface area contributed by atoms with Crippen molar-refractivity contribution in [3.8, 4) is 0 Å². The Bertz CT molecular complexity index is 168. The number of carboxylic acids is 2. The highest BCUT2D eigenvalue weighted by atomic mass is 16.4. The maximum atomic E-state index is 10.2. The number of hydrogen-bond acceptors (Lipinski definition) is 4. The zero-order chi connectivity index (χ0) is 9.02. The van der Waals surface area contributed by atoms with Gasteiger partial charge in [0, 0.05) is 0 Å². The average Bonchev–Trinajstić information content (AvgIpc) is 1.88. The van der Waals surface area contributed by atoms with Crippen LogP contribution in [0, 0.1) is 0 Å². The van der Waals surface area contributed by atoms with Crippen LogP contribution in [0.2, 0.25) is 0 Å². The van der Waals surface area contributed by atoms with E-state index in [4.69, 9.17) is 15.3 Å². The van der Waals surface area contributed by atoms with Gasteiger partial charge in [-0.15, -0.1) is 0 Å². The molecule has 0 saturated heterocycles. The smallest absolute Gasteiger partial charge is 0.334 e. The first-order chi connectivity index (χ1) is 5.00. The fourth-order valence-electron chi connectivity index (χ4n) is 0.559. The van der Waals surface area contributed by atoms with Crippen LogP contribution in [0.5, 0.6) is 0 Å². The molecule has 2 unspecified atom stereocenters. The zero-order valence-corrected chi connectivity index (χ0v) is 5.81. The monoisotopic (exact) mass is 163 g/mol. The van der Waals surface area contributed by atoms with Crippen molar-refractivity contribution in [1.82, 2.24) is 5.32 Å². The van der Waals surface area contributed by atoms with Crippen molar-refractivity contribution < 1.29 is 24.9 Å². The molecule has 0 aliphatic heterocycles. The summed E-state index contributed by atoms with van der Waals surface area (Å²) in [5.41, 5.74) is 0. The number of aliphatic hydroxyl groups is 1. The van der Waals surface area contributed by atoms with Crippen LogP contribution >= 0.6 is 0 Å². The Morgan fingerprint density at radius 1 is 1.27 bits per heavy atom. The quantitative estimate of drug-likeness (QED) is 0.386. The van der Waals surface area contributed by atoms with E-state index in [0.29, 0.717) is 0 Å². The topological polar surface area (TPSA) is 107 Å². The summed E-state index contributed by atoms with van der Waals surface area (Å²) in [7, 11) is 1.25. The van der Waals surface area contributed by atoms with Crippen LogP contribution in [0.3, 0.4) is 0 Å². The molecule has 0 aliphatic rings. The zero-order valence-electron chi connectivity index (χ0n) is 5.81. The molecule has 2 atom stereocenters. The van der Waals surface area contributed by atoms with Gasteiger partial charge in [0.1, 0.15) is 6.04 Å². The lowest BCUT2D eigenvalue weighted by atomic mass is 10.2. The molecule has 0 rings (SSSR count). The van der Waals surface area contributed by atoms with Gasteiger partial charge in [-0.05, 0) is 7.05 Å². The highest BCUT2D eigenvalue weighted by Crippen LogP contribution is 1.92. The summed E-state index contributed by atoms with van der Waals surface area (Å²) < 4.78 is 0. The first kappa shape index (κ1) is 9.86. The van der Waals surface area contributed by atoms with Crippen molar-refractivity contribution in [1.29, 1.82) is 0 Å². The number of carboxylic acid groups (broad SMARTS) is 2. The van der Waals surface area contributed by atoms with Crippen molar-refractivity contribution in [2.75, 3.05) is 7.05 Å². The summed E-state index contributed by atoms with van der Waals surface area (Å²) in [5, 5.41) is 27.4. The molecule has 0 aliphatic carbocycles. The minimum Gasteiger partial charge on any atom is -0.480 e. The lowest BCUT2D eigenvalue weighted by molar-refractivity contribution is -0.155. The van der Waals surface area contributed by atoms with Gasteiger partial charge in [0.2, 0.25) is 0 Å². The molecular formula is C5H9NO5. The third-order valence-electron chi connectivity index (χ3n) is 1.15. The van der Waals surface area contributed by atoms with Gasteiger partial charge in [0.05, 0.1) is 0 Å². The molecule has 6 nitrogen and oxygen atoms in total. The highest BCUT2D eigenvalue weighted by molar-refractivity contribution is 5.84. The molecule has 0 fully saturated rings. The number of aliphatic hydroxyl groups excluding tert-OH is 1. The van der Waals surface area contributed by atoms with Gasteiger partial charge in [-0.25, -0.2) is 4.79 Å². The summed E-state index contributed by atoms with van der Waals surface area (Å²) in [4.78, 5) is 20.2. The molecule has 0 heterocycles. The second-order valence-electron chi connectivity index (χ2n) is 1.89.